The van der Waals surface area contributed by atoms with Gasteiger partial charge in [-0.25, -0.2) is 4.79 Å². The zero-order valence-electron chi connectivity index (χ0n) is 16.0. The Morgan fingerprint density at radius 3 is 2.55 bits per heavy atom. The Labute approximate surface area is 175 Å². The van der Waals surface area contributed by atoms with Crippen LogP contribution in [-0.2, 0) is 20.8 Å². The van der Waals surface area contributed by atoms with Crippen molar-refractivity contribution in [1.82, 2.24) is 4.57 Å². The van der Waals surface area contributed by atoms with Gasteiger partial charge < -0.3 is 14.0 Å². The zero-order valence-corrected chi connectivity index (χ0v) is 17.6. The number of amides is 1. The fraction of sp³-hybridized carbons (Fsp3) is 0.200. The second-order valence-electron chi connectivity index (χ2n) is 5.84. The SMILES string of the molecule is COC(=O)Cn1c(=NC(=O)c2ccccc2SC)sc2cc(C(=O)OC)ccc21. The van der Waals surface area contributed by atoms with Gasteiger partial charge in [-0.05, 0) is 36.6 Å². The average molecular weight is 431 g/mol. The van der Waals surface area contributed by atoms with Crippen molar-refractivity contribution in [3.8, 4) is 0 Å². The van der Waals surface area contributed by atoms with E-state index in [1.807, 2.05) is 18.4 Å². The first kappa shape index (κ1) is 20.8. The lowest BCUT2D eigenvalue weighted by molar-refractivity contribution is -0.141. The number of fused-ring (bicyclic) bond motifs is 1. The third kappa shape index (κ3) is 4.41. The third-order valence-corrected chi connectivity index (χ3v) is 5.99. The molecule has 0 spiro atoms. The molecule has 0 aliphatic rings. The summed E-state index contributed by atoms with van der Waals surface area (Å²) in [7, 11) is 2.60. The molecule has 0 atom stereocenters. The van der Waals surface area contributed by atoms with Gasteiger partial charge in [0.1, 0.15) is 6.54 Å². The molecule has 7 nitrogen and oxygen atoms in total. The van der Waals surface area contributed by atoms with Crippen LogP contribution >= 0.6 is 23.1 Å². The summed E-state index contributed by atoms with van der Waals surface area (Å²) >= 11 is 2.66. The van der Waals surface area contributed by atoms with Crippen molar-refractivity contribution in [3.63, 3.8) is 0 Å². The summed E-state index contributed by atoms with van der Waals surface area (Å²) in [5, 5.41) is 0. The zero-order chi connectivity index (χ0) is 21.0. The van der Waals surface area contributed by atoms with E-state index < -0.39 is 17.8 Å². The number of benzene rings is 2. The van der Waals surface area contributed by atoms with Crippen molar-refractivity contribution >= 4 is 51.2 Å². The molecule has 1 heterocycles. The molecular weight excluding hydrogens is 412 g/mol. The van der Waals surface area contributed by atoms with E-state index in [2.05, 4.69) is 4.99 Å². The van der Waals surface area contributed by atoms with Crippen molar-refractivity contribution in [2.75, 3.05) is 20.5 Å². The smallest absolute Gasteiger partial charge is 0.337 e. The molecule has 0 unspecified atom stereocenters. The van der Waals surface area contributed by atoms with Crippen LogP contribution in [0.4, 0.5) is 0 Å². The number of aromatic nitrogens is 1. The number of rotatable bonds is 5. The quantitative estimate of drug-likeness (QED) is 0.457. The van der Waals surface area contributed by atoms with Crippen molar-refractivity contribution in [2.45, 2.75) is 11.4 Å². The first-order valence-corrected chi connectivity index (χ1v) is 10.5. The highest BCUT2D eigenvalue weighted by Gasteiger charge is 2.16. The lowest BCUT2D eigenvalue weighted by atomic mass is 10.2. The number of esters is 2. The minimum absolute atomic E-state index is 0.107. The molecule has 0 aliphatic heterocycles. The minimum atomic E-state index is -0.472. The first-order chi connectivity index (χ1) is 14.0. The van der Waals surface area contributed by atoms with E-state index in [1.54, 1.807) is 34.9 Å². The Hall–Kier alpha value is -2.91. The van der Waals surface area contributed by atoms with Crippen LogP contribution in [0.5, 0.6) is 0 Å². The Bertz CT molecular complexity index is 1160. The predicted molar refractivity (Wildman–Crippen MR) is 111 cm³/mol. The number of thiazole rings is 1. The molecule has 3 aromatic rings. The van der Waals surface area contributed by atoms with Gasteiger partial charge in [0.05, 0.1) is 35.6 Å². The van der Waals surface area contributed by atoms with E-state index >= 15 is 0 Å². The Kier molecular flexibility index (Phi) is 6.50. The van der Waals surface area contributed by atoms with E-state index in [0.717, 1.165) is 4.90 Å². The largest absolute Gasteiger partial charge is 0.468 e. The van der Waals surface area contributed by atoms with Gasteiger partial charge in [-0.3, -0.25) is 9.59 Å². The number of hydrogen-bond acceptors (Lipinski definition) is 7. The standard InChI is InChI=1S/C20H18N2O5S2/c1-26-17(23)11-22-14-9-8-12(19(25)27-2)10-16(14)29-20(22)21-18(24)13-6-4-5-7-15(13)28-3/h4-10H,11H2,1-3H3. The molecular formula is C20H18N2O5S2. The second kappa shape index (κ2) is 9.06. The molecule has 0 saturated carbocycles. The fourth-order valence-corrected chi connectivity index (χ4v) is 4.38. The van der Waals surface area contributed by atoms with Crippen LogP contribution in [0, 0.1) is 0 Å². The molecule has 0 aliphatic carbocycles. The second-order valence-corrected chi connectivity index (χ2v) is 7.70. The molecule has 0 radical (unpaired) electrons. The van der Waals surface area contributed by atoms with Crippen LogP contribution in [-0.4, -0.2) is 42.9 Å². The average Bonchev–Trinajstić information content (AvgIpc) is 3.08. The molecule has 2 aromatic carbocycles. The number of carbonyl (C=O) groups is 3. The lowest BCUT2D eigenvalue weighted by Crippen LogP contribution is -2.22. The van der Waals surface area contributed by atoms with E-state index in [1.165, 1.54) is 37.3 Å². The molecule has 0 fully saturated rings. The van der Waals surface area contributed by atoms with Crippen LogP contribution in [0.2, 0.25) is 0 Å². The molecule has 1 amide bonds. The van der Waals surface area contributed by atoms with Crippen molar-refractivity contribution in [3.05, 3.63) is 58.4 Å². The van der Waals surface area contributed by atoms with Gasteiger partial charge in [0.25, 0.3) is 5.91 Å². The Morgan fingerprint density at radius 1 is 1.10 bits per heavy atom. The van der Waals surface area contributed by atoms with E-state index in [9.17, 15) is 14.4 Å². The summed E-state index contributed by atoms with van der Waals surface area (Å²) in [5.74, 6) is -1.35. The maximum absolute atomic E-state index is 12.8. The van der Waals surface area contributed by atoms with E-state index in [-0.39, 0.29) is 6.54 Å². The molecule has 3 rings (SSSR count). The molecule has 150 valence electrons. The number of thioether (sulfide) groups is 1. The van der Waals surface area contributed by atoms with Crippen LogP contribution < -0.4 is 4.80 Å². The van der Waals surface area contributed by atoms with Gasteiger partial charge >= 0.3 is 11.9 Å². The summed E-state index contributed by atoms with van der Waals surface area (Å²) in [6.45, 7) is -0.107. The highest BCUT2D eigenvalue weighted by molar-refractivity contribution is 7.98. The monoisotopic (exact) mass is 430 g/mol. The van der Waals surface area contributed by atoms with Gasteiger partial charge in [0.15, 0.2) is 4.80 Å². The molecule has 1 aromatic heterocycles. The maximum atomic E-state index is 12.8. The summed E-state index contributed by atoms with van der Waals surface area (Å²) in [6.07, 6.45) is 1.89. The topological polar surface area (TPSA) is 87.0 Å². The van der Waals surface area contributed by atoms with Crippen molar-refractivity contribution in [1.29, 1.82) is 0 Å². The van der Waals surface area contributed by atoms with E-state index in [0.29, 0.717) is 26.1 Å². The minimum Gasteiger partial charge on any atom is -0.468 e. The number of methoxy groups -OCH3 is 2. The van der Waals surface area contributed by atoms with Crippen molar-refractivity contribution in [2.24, 2.45) is 4.99 Å². The van der Waals surface area contributed by atoms with Crippen LogP contribution in [0.1, 0.15) is 20.7 Å². The predicted octanol–water partition coefficient (Wildman–Crippen LogP) is 3.13. The lowest BCUT2D eigenvalue weighted by Gasteiger charge is -2.05. The van der Waals surface area contributed by atoms with E-state index in [4.69, 9.17) is 9.47 Å². The number of carbonyl (C=O) groups excluding carboxylic acids is 3. The first-order valence-electron chi connectivity index (χ1n) is 8.49. The van der Waals surface area contributed by atoms with Gasteiger partial charge in [-0.2, -0.15) is 4.99 Å². The summed E-state index contributed by atoms with van der Waals surface area (Å²) < 4.78 is 11.8. The van der Waals surface area contributed by atoms with Crippen LogP contribution in [0.15, 0.2) is 52.4 Å². The van der Waals surface area contributed by atoms with Crippen LogP contribution in [0.3, 0.4) is 0 Å². The molecule has 0 bridgehead atoms. The molecule has 9 heteroatoms. The van der Waals surface area contributed by atoms with Crippen molar-refractivity contribution < 1.29 is 23.9 Å². The molecule has 0 saturated heterocycles. The summed E-state index contributed by atoms with van der Waals surface area (Å²) in [5.41, 5.74) is 1.52. The highest BCUT2D eigenvalue weighted by Crippen LogP contribution is 2.22. The van der Waals surface area contributed by atoms with Gasteiger partial charge in [0.2, 0.25) is 0 Å². The van der Waals surface area contributed by atoms with Gasteiger partial charge in [0, 0.05) is 4.90 Å². The number of nitrogens with zero attached hydrogens (tertiary/aromatic N) is 2. The Morgan fingerprint density at radius 2 is 1.86 bits per heavy atom. The number of ether oxygens (including phenoxy) is 2. The molecule has 29 heavy (non-hydrogen) atoms. The highest BCUT2D eigenvalue weighted by atomic mass is 32.2. The molecule has 0 N–H and O–H groups in total. The van der Waals surface area contributed by atoms with Gasteiger partial charge in [-0.15, -0.1) is 11.8 Å². The summed E-state index contributed by atoms with van der Waals surface area (Å²) in [6, 6.07) is 12.1. The summed E-state index contributed by atoms with van der Waals surface area (Å²) in [4.78, 5) is 42.0. The van der Waals surface area contributed by atoms with Crippen LogP contribution in [0.25, 0.3) is 10.2 Å². The normalized spacial score (nSPS) is 11.5. The Balaban J connectivity index is 2.17. The fourth-order valence-electron chi connectivity index (χ4n) is 2.72. The maximum Gasteiger partial charge on any atom is 0.337 e. The van der Waals surface area contributed by atoms with Gasteiger partial charge in [-0.1, -0.05) is 23.5 Å². The third-order valence-electron chi connectivity index (χ3n) is 4.15. The number of hydrogen-bond donors (Lipinski definition) is 0.